The highest BCUT2D eigenvalue weighted by atomic mass is 16.6. The molecule has 0 aliphatic heterocycles. The zero-order valence-corrected chi connectivity index (χ0v) is 14.9. The zero-order chi connectivity index (χ0) is 19.2. The third-order valence-corrected chi connectivity index (χ3v) is 3.82. The predicted molar refractivity (Wildman–Crippen MR) is 95.5 cm³/mol. The van der Waals surface area contributed by atoms with E-state index in [4.69, 9.17) is 19.3 Å². The Morgan fingerprint density at radius 2 is 1.96 bits per heavy atom. The van der Waals surface area contributed by atoms with Gasteiger partial charge in [-0.2, -0.15) is 10.2 Å². The molecule has 7 nitrogen and oxygen atoms in total. The van der Waals surface area contributed by atoms with Crippen LogP contribution in [-0.4, -0.2) is 22.2 Å². The van der Waals surface area contributed by atoms with Gasteiger partial charge in [0, 0.05) is 5.56 Å². The fourth-order valence-electron chi connectivity index (χ4n) is 2.36. The van der Waals surface area contributed by atoms with Crippen LogP contribution in [0.15, 0.2) is 53.1 Å². The number of esters is 1. The van der Waals surface area contributed by atoms with E-state index in [1.165, 1.54) is 0 Å². The molecule has 136 valence electrons. The number of carbonyl (C=O) groups excluding carboxylic acids is 1. The fraction of sp³-hybridized carbons (Fsp3) is 0.200. The van der Waals surface area contributed by atoms with E-state index in [1.807, 2.05) is 37.3 Å². The number of ether oxygens (including phenoxy) is 2. The minimum absolute atomic E-state index is 0.140. The van der Waals surface area contributed by atoms with Crippen LogP contribution in [0.4, 0.5) is 0 Å². The van der Waals surface area contributed by atoms with Crippen molar-refractivity contribution in [2.75, 3.05) is 0 Å². The minimum atomic E-state index is -0.823. The van der Waals surface area contributed by atoms with Crippen LogP contribution in [0.1, 0.15) is 23.9 Å². The lowest BCUT2D eigenvalue weighted by molar-refractivity contribution is -0.153. The van der Waals surface area contributed by atoms with Crippen molar-refractivity contribution in [3.8, 4) is 23.2 Å². The summed E-state index contributed by atoms with van der Waals surface area (Å²) in [5, 5.41) is 12.7. The van der Waals surface area contributed by atoms with Crippen molar-refractivity contribution in [2.24, 2.45) is 0 Å². The van der Waals surface area contributed by atoms with Gasteiger partial charge in [0.05, 0.1) is 11.6 Å². The highest BCUT2D eigenvalue weighted by molar-refractivity contribution is 5.74. The molecule has 0 unspecified atom stereocenters. The summed E-state index contributed by atoms with van der Waals surface area (Å²) in [6, 6.07) is 16.1. The quantitative estimate of drug-likeness (QED) is 0.619. The molecule has 0 bridgehead atoms. The van der Waals surface area contributed by atoms with E-state index in [1.54, 1.807) is 31.2 Å². The summed E-state index contributed by atoms with van der Waals surface area (Å²) in [6.45, 7) is 3.39. The Bertz CT molecular complexity index is 973. The molecule has 2 aromatic carbocycles. The van der Waals surface area contributed by atoms with E-state index < -0.39 is 12.1 Å². The number of nitrogens with zero attached hydrogens (tertiary/aromatic N) is 3. The van der Waals surface area contributed by atoms with Gasteiger partial charge in [-0.1, -0.05) is 29.4 Å². The molecule has 0 aliphatic rings. The normalized spacial score (nSPS) is 11.4. The van der Waals surface area contributed by atoms with Crippen molar-refractivity contribution >= 4 is 5.97 Å². The van der Waals surface area contributed by atoms with Crippen LogP contribution in [0.3, 0.4) is 0 Å². The summed E-state index contributed by atoms with van der Waals surface area (Å²) in [5.74, 6) is 0.557. The third-order valence-electron chi connectivity index (χ3n) is 3.82. The second kappa shape index (κ2) is 8.15. The number of benzene rings is 2. The lowest BCUT2D eigenvalue weighted by Crippen LogP contribution is -2.26. The molecular formula is C20H17N3O4. The van der Waals surface area contributed by atoms with E-state index in [0.717, 1.165) is 11.1 Å². The Morgan fingerprint density at radius 1 is 1.22 bits per heavy atom. The molecule has 0 fully saturated rings. The smallest absolute Gasteiger partial charge is 0.347 e. The third kappa shape index (κ3) is 4.50. The molecule has 27 heavy (non-hydrogen) atoms. The monoisotopic (exact) mass is 363 g/mol. The number of aryl methyl sites for hydroxylation is 1. The topological polar surface area (TPSA) is 98.2 Å². The van der Waals surface area contributed by atoms with Gasteiger partial charge in [-0.05, 0) is 43.7 Å². The van der Waals surface area contributed by atoms with Crippen LogP contribution >= 0.6 is 0 Å². The Morgan fingerprint density at radius 3 is 2.67 bits per heavy atom. The highest BCUT2D eigenvalue weighted by Crippen LogP contribution is 2.20. The van der Waals surface area contributed by atoms with Gasteiger partial charge in [-0.25, -0.2) is 4.79 Å². The Kier molecular flexibility index (Phi) is 5.47. The molecule has 0 amide bonds. The number of rotatable bonds is 6. The zero-order valence-electron chi connectivity index (χ0n) is 14.9. The maximum atomic E-state index is 12.1. The lowest BCUT2D eigenvalue weighted by atomic mass is 10.1. The van der Waals surface area contributed by atoms with Gasteiger partial charge < -0.3 is 14.0 Å². The molecule has 1 atom stereocenters. The molecule has 0 saturated heterocycles. The molecule has 3 rings (SSSR count). The minimum Gasteiger partial charge on any atom is -0.479 e. The lowest BCUT2D eigenvalue weighted by Gasteiger charge is -2.13. The van der Waals surface area contributed by atoms with Crippen LogP contribution in [0.5, 0.6) is 5.75 Å². The summed E-state index contributed by atoms with van der Waals surface area (Å²) >= 11 is 0. The van der Waals surface area contributed by atoms with Gasteiger partial charge in [0.1, 0.15) is 5.75 Å². The fourth-order valence-corrected chi connectivity index (χ4v) is 2.36. The van der Waals surface area contributed by atoms with E-state index in [0.29, 0.717) is 17.1 Å². The molecule has 1 heterocycles. The van der Waals surface area contributed by atoms with Crippen molar-refractivity contribution in [2.45, 2.75) is 26.6 Å². The number of aromatic nitrogens is 2. The molecule has 1 aromatic heterocycles. The second-order valence-corrected chi connectivity index (χ2v) is 5.83. The van der Waals surface area contributed by atoms with Crippen LogP contribution < -0.4 is 4.74 Å². The second-order valence-electron chi connectivity index (χ2n) is 5.83. The molecule has 0 spiro atoms. The maximum Gasteiger partial charge on any atom is 0.347 e. The van der Waals surface area contributed by atoms with Gasteiger partial charge in [0.2, 0.25) is 5.82 Å². The van der Waals surface area contributed by atoms with Crippen molar-refractivity contribution in [3.63, 3.8) is 0 Å². The van der Waals surface area contributed by atoms with Crippen molar-refractivity contribution in [1.82, 2.24) is 10.1 Å². The van der Waals surface area contributed by atoms with Crippen LogP contribution in [0.25, 0.3) is 11.4 Å². The Labute approximate surface area is 156 Å². The summed E-state index contributed by atoms with van der Waals surface area (Å²) < 4.78 is 15.8. The average Bonchev–Trinajstić information content (AvgIpc) is 3.15. The molecule has 0 aliphatic carbocycles. The summed E-state index contributed by atoms with van der Waals surface area (Å²) in [6.07, 6.45) is -0.823. The van der Waals surface area contributed by atoms with Gasteiger partial charge in [0.25, 0.3) is 5.89 Å². The molecule has 3 aromatic rings. The van der Waals surface area contributed by atoms with Gasteiger partial charge in [-0.3, -0.25) is 0 Å². The number of carbonyl (C=O) groups is 1. The maximum absolute atomic E-state index is 12.1. The summed E-state index contributed by atoms with van der Waals surface area (Å²) in [5.41, 5.74) is 2.39. The molecule has 0 radical (unpaired) electrons. The standard InChI is InChI=1S/C20H17N3O4/c1-13-5-3-4-6-17(13)19-22-18(27-23-19)12-25-20(24)14(2)26-16-9-7-15(11-21)8-10-16/h3-10,14H,12H2,1-2H3/t14-/m1/s1. The van der Waals surface area contributed by atoms with E-state index >= 15 is 0 Å². The largest absolute Gasteiger partial charge is 0.479 e. The Balaban J connectivity index is 1.56. The van der Waals surface area contributed by atoms with Crippen molar-refractivity contribution in [1.29, 1.82) is 5.26 Å². The van der Waals surface area contributed by atoms with Gasteiger partial charge >= 0.3 is 5.97 Å². The first kappa shape index (κ1) is 18.1. The number of hydrogen-bond donors (Lipinski definition) is 0. The first-order chi connectivity index (χ1) is 13.1. The van der Waals surface area contributed by atoms with E-state index in [-0.39, 0.29) is 12.5 Å². The molecular weight excluding hydrogens is 346 g/mol. The van der Waals surface area contributed by atoms with E-state index in [9.17, 15) is 4.79 Å². The van der Waals surface area contributed by atoms with Gasteiger partial charge in [-0.15, -0.1) is 0 Å². The van der Waals surface area contributed by atoms with Crippen LogP contribution in [-0.2, 0) is 16.1 Å². The predicted octanol–water partition coefficient (Wildman–Crippen LogP) is 3.43. The number of hydrogen-bond acceptors (Lipinski definition) is 7. The molecule has 0 N–H and O–H groups in total. The molecule has 0 saturated carbocycles. The first-order valence-corrected chi connectivity index (χ1v) is 8.29. The highest BCUT2D eigenvalue weighted by Gasteiger charge is 2.18. The van der Waals surface area contributed by atoms with Crippen molar-refractivity contribution in [3.05, 3.63) is 65.5 Å². The first-order valence-electron chi connectivity index (χ1n) is 8.29. The van der Waals surface area contributed by atoms with Gasteiger partial charge in [0.15, 0.2) is 12.7 Å². The average molecular weight is 363 g/mol. The van der Waals surface area contributed by atoms with Crippen molar-refractivity contribution < 1.29 is 18.8 Å². The van der Waals surface area contributed by atoms with Crippen LogP contribution in [0.2, 0.25) is 0 Å². The summed E-state index contributed by atoms with van der Waals surface area (Å²) in [7, 11) is 0. The number of nitriles is 1. The summed E-state index contributed by atoms with van der Waals surface area (Å²) in [4.78, 5) is 16.3. The van der Waals surface area contributed by atoms with E-state index in [2.05, 4.69) is 10.1 Å². The van der Waals surface area contributed by atoms with Crippen LogP contribution in [0, 0.1) is 18.3 Å². The SMILES string of the molecule is Cc1ccccc1-c1noc(COC(=O)[C@@H](C)Oc2ccc(C#N)cc2)n1. The Hall–Kier alpha value is -3.66. The molecule has 7 heteroatoms.